The molecule has 0 saturated heterocycles. The van der Waals surface area contributed by atoms with Crippen LogP contribution in [0.1, 0.15) is 11.1 Å². The van der Waals surface area contributed by atoms with Crippen LogP contribution in [0.15, 0.2) is 83.4 Å². The Bertz CT molecular complexity index is 870. The molecule has 1 aliphatic heterocycles. The third-order valence-corrected chi connectivity index (χ3v) is 5.87. The molecule has 4 nitrogen and oxygen atoms in total. The van der Waals surface area contributed by atoms with Crippen LogP contribution in [0.25, 0.3) is 0 Å². The summed E-state index contributed by atoms with van der Waals surface area (Å²) in [4.78, 5) is 0.321. The van der Waals surface area contributed by atoms with Gasteiger partial charge in [0.05, 0.1) is 11.4 Å². The van der Waals surface area contributed by atoms with Crippen molar-refractivity contribution in [3.63, 3.8) is 0 Å². The number of sulfonamides is 1. The number of hydrogen-bond donors (Lipinski definition) is 1. The average Bonchev–Trinajstić information content (AvgIpc) is 2.63. The zero-order valence-corrected chi connectivity index (χ0v) is 15.0. The summed E-state index contributed by atoms with van der Waals surface area (Å²) in [5, 5.41) is 3.38. The first kappa shape index (κ1) is 17.5. The molecule has 1 heterocycles. The number of nitrogens with one attached hydrogen (secondary N) is 1. The fourth-order valence-corrected chi connectivity index (χ4v) is 3.86. The molecule has 0 atom stereocenters. The third kappa shape index (κ3) is 4.38. The second-order valence-electron chi connectivity index (χ2n) is 6.07. The molecule has 2 aromatic rings. The summed E-state index contributed by atoms with van der Waals surface area (Å²) in [6, 6.07) is 17.1. The van der Waals surface area contributed by atoms with E-state index in [0.29, 0.717) is 18.0 Å². The summed E-state index contributed by atoms with van der Waals surface area (Å²) < 4.78 is 26.6. The summed E-state index contributed by atoms with van der Waals surface area (Å²) in [7, 11) is -3.48. The fourth-order valence-electron chi connectivity index (χ4n) is 2.62. The summed E-state index contributed by atoms with van der Waals surface area (Å²) in [5.74, 6) is 0. The van der Waals surface area contributed by atoms with Gasteiger partial charge in [-0.05, 0) is 36.3 Å². The molecule has 25 heavy (non-hydrogen) atoms. The summed E-state index contributed by atoms with van der Waals surface area (Å²) in [5.41, 5.74) is 3.36. The molecule has 0 aliphatic carbocycles. The van der Waals surface area contributed by atoms with Crippen molar-refractivity contribution in [1.82, 2.24) is 9.62 Å². The van der Waals surface area contributed by atoms with Crippen molar-refractivity contribution < 1.29 is 8.42 Å². The van der Waals surface area contributed by atoms with Gasteiger partial charge in [0.25, 0.3) is 10.0 Å². The molecular formula is C20H22N2O2S. The zero-order chi connectivity index (χ0) is 17.7. The van der Waals surface area contributed by atoms with Gasteiger partial charge in [0.2, 0.25) is 0 Å². The lowest BCUT2D eigenvalue weighted by molar-refractivity contribution is 0.518. The Morgan fingerprint density at radius 3 is 2.36 bits per heavy atom. The van der Waals surface area contributed by atoms with Crippen molar-refractivity contribution in [3.8, 4) is 0 Å². The van der Waals surface area contributed by atoms with Crippen LogP contribution in [-0.4, -0.2) is 25.8 Å². The zero-order valence-electron chi connectivity index (χ0n) is 14.2. The van der Waals surface area contributed by atoms with Gasteiger partial charge in [-0.15, -0.1) is 0 Å². The molecule has 0 aromatic heterocycles. The van der Waals surface area contributed by atoms with Crippen LogP contribution in [0.3, 0.4) is 0 Å². The first-order chi connectivity index (χ1) is 12.1. The Balaban J connectivity index is 1.57. The van der Waals surface area contributed by atoms with Crippen molar-refractivity contribution >= 4 is 10.0 Å². The van der Waals surface area contributed by atoms with Crippen LogP contribution >= 0.6 is 0 Å². The molecule has 0 unspecified atom stereocenters. The topological polar surface area (TPSA) is 49.4 Å². The van der Waals surface area contributed by atoms with Crippen molar-refractivity contribution in [2.24, 2.45) is 0 Å². The van der Waals surface area contributed by atoms with Gasteiger partial charge >= 0.3 is 0 Å². The maximum Gasteiger partial charge on any atom is 0.264 e. The quantitative estimate of drug-likeness (QED) is 0.866. The minimum absolute atomic E-state index is 0.321. The van der Waals surface area contributed by atoms with Crippen molar-refractivity contribution in [1.29, 1.82) is 0 Å². The van der Waals surface area contributed by atoms with Crippen LogP contribution in [0.4, 0.5) is 0 Å². The van der Waals surface area contributed by atoms with Gasteiger partial charge in [0, 0.05) is 19.3 Å². The van der Waals surface area contributed by atoms with Crippen molar-refractivity contribution in [2.45, 2.75) is 18.4 Å². The Labute approximate surface area is 149 Å². The number of benzene rings is 2. The first-order valence-corrected chi connectivity index (χ1v) is 9.70. The van der Waals surface area contributed by atoms with E-state index in [1.165, 1.54) is 9.87 Å². The lowest BCUT2D eigenvalue weighted by atomic mass is 10.2. The molecule has 1 aliphatic rings. The van der Waals surface area contributed by atoms with Crippen LogP contribution < -0.4 is 5.32 Å². The molecule has 1 N–H and O–H groups in total. The highest BCUT2D eigenvalue weighted by atomic mass is 32.2. The highest BCUT2D eigenvalue weighted by Crippen LogP contribution is 2.19. The van der Waals surface area contributed by atoms with E-state index in [9.17, 15) is 8.42 Å². The first-order valence-electron chi connectivity index (χ1n) is 8.26. The third-order valence-electron chi connectivity index (χ3n) is 4.12. The Morgan fingerprint density at radius 1 is 1.00 bits per heavy atom. The molecule has 0 amide bonds. The average molecular weight is 354 g/mol. The highest BCUT2D eigenvalue weighted by molar-refractivity contribution is 7.89. The van der Waals surface area contributed by atoms with Crippen LogP contribution in [-0.2, 0) is 16.6 Å². The van der Waals surface area contributed by atoms with Gasteiger partial charge < -0.3 is 5.32 Å². The molecule has 3 rings (SSSR count). The fraction of sp³-hybridized carbons (Fsp3) is 0.200. The lowest BCUT2D eigenvalue weighted by Gasteiger charge is -2.22. The molecule has 5 heteroatoms. The van der Waals surface area contributed by atoms with Gasteiger partial charge in [0.1, 0.15) is 0 Å². The summed E-state index contributed by atoms with van der Waals surface area (Å²) in [6.07, 6.45) is 5.45. The second-order valence-corrected chi connectivity index (χ2v) is 7.96. The molecule has 0 saturated carbocycles. The van der Waals surface area contributed by atoms with Crippen molar-refractivity contribution in [2.75, 3.05) is 13.1 Å². The van der Waals surface area contributed by atoms with E-state index in [0.717, 1.165) is 17.7 Å². The van der Waals surface area contributed by atoms with Gasteiger partial charge in [-0.3, -0.25) is 4.31 Å². The number of nitrogens with zero attached hydrogens (tertiary/aromatic N) is 1. The van der Waals surface area contributed by atoms with E-state index in [1.807, 2.05) is 49.4 Å². The summed E-state index contributed by atoms with van der Waals surface area (Å²) in [6.45, 7) is 3.80. The predicted molar refractivity (Wildman–Crippen MR) is 100 cm³/mol. The van der Waals surface area contributed by atoms with E-state index >= 15 is 0 Å². The van der Waals surface area contributed by atoms with Crippen LogP contribution in [0, 0.1) is 6.92 Å². The summed E-state index contributed by atoms with van der Waals surface area (Å²) >= 11 is 0. The monoisotopic (exact) mass is 354 g/mol. The molecular weight excluding hydrogens is 332 g/mol. The molecule has 0 radical (unpaired) electrons. The number of rotatable bonds is 6. The van der Waals surface area contributed by atoms with Gasteiger partial charge in [-0.25, -0.2) is 8.42 Å². The maximum atomic E-state index is 12.6. The van der Waals surface area contributed by atoms with E-state index in [4.69, 9.17) is 0 Å². The number of hydrogen-bond acceptors (Lipinski definition) is 3. The Kier molecular flexibility index (Phi) is 5.36. The van der Waals surface area contributed by atoms with Gasteiger partial charge in [0.15, 0.2) is 0 Å². The van der Waals surface area contributed by atoms with E-state index in [1.54, 1.807) is 18.3 Å². The van der Waals surface area contributed by atoms with Crippen LogP contribution in [0.5, 0.6) is 0 Å². The normalized spacial score (nSPS) is 14.4. The predicted octanol–water partition coefficient (Wildman–Crippen LogP) is 3.23. The standard InChI is InChI=1S/C20H22N2O2S/c1-17-7-9-20(10-8-17)25(23,24)22-13-11-19(12-14-22)16-21-15-18-5-3-2-4-6-18/h2-13,21H,14-16H2,1H3. The molecule has 2 aromatic carbocycles. The molecule has 0 bridgehead atoms. The Morgan fingerprint density at radius 2 is 1.72 bits per heavy atom. The molecule has 130 valence electrons. The largest absolute Gasteiger partial charge is 0.309 e. The van der Waals surface area contributed by atoms with E-state index in [-0.39, 0.29) is 0 Å². The lowest BCUT2D eigenvalue weighted by Crippen LogP contribution is -2.29. The maximum absolute atomic E-state index is 12.6. The second kappa shape index (κ2) is 7.68. The number of aryl methyl sites for hydroxylation is 1. The smallest absolute Gasteiger partial charge is 0.264 e. The van der Waals surface area contributed by atoms with Crippen molar-refractivity contribution in [3.05, 3.63) is 89.6 Å². The Hall–Kier alpha value is -2.37. The van der Waals surface area contributed by atoms with E-state index in [2.05, 4.69) is 17.4 Å². The minimum atomic E-state index is -3.48. The highest BCUT2D eigenvalue weighted by Gasteiger charge is 2.22. The molecule has 0 spiro atoms. The minimum Gasteiger partial charge on any atom is -0.309 e. The van der Waals surface area contributed by atoms with Crippen LogP contribution in [0.2, 0.25) is 0 Å². The van der Waals surface area contributed by atoms with Gasteiger partial charge in [-0.2, -0.15) is 0 Å². The molecule has 0 fully saturated rings. The van der Waals surface area contributed by atoms with E-state index < -0.39 is 10.0 Å². The van der Waals surface area contributed by atoms with Gasteiger partial charge in [-0.1, -0.05) is 54.1 Å². The SMILES string of the molecule is Cc1ccc(S(=O)(=O)N2C=CC(CNCc3ccccc3)=CC2)cc1.